The standard InChI is InChI=1S/C12H19F3N2O/c13-12(14,15)9-4-3-7-17(8-9)11(18)16-10-5-1-2-6-10/h9-10H,1-8H2,(H,16,18). The molecule has 2 fully saturated rings. The number of hydrogen-bond donors (Lipinski definition) is 1. The lowest BCUT2D eigenvalue weighted by atomic mass is 9.98. The number of amides is 2. The molecule has 1 atom stereocenters. The molecule has 1 unspecified atom stereocenters. The van der Waals surface area contributed by atoms with Gasteiger partial charge < -0.3 is 10.2 Å². The lowest BCUT2D eigenvalue weighted by Gasteiger charge is -2.34. The van der Waals surface area contributed by atoms with E-state index in [1.807, 2.05) is 0 Å². The van der Waals surface area contributed by atoms with Gasteiger partial charge in [0.2, 0.25) is 0 Å². The molecule has 3 nitrogen and oxygen atoms in total. The van der Waals surface area contributed by atoms with Crippen LogP contribution in [0.3, 0.4) is 0 Å². The van der Waals surface area contributed by atoms with E-state index in [9.17, 15) is 18.0 Å². The molecule has 1 heterocycles. The van der Waals surface area contributed by atoms with Crippen LogP contribution in [0.2, 0.25) is 0 Å². The fourth-order valence-corrected chi connectivity index (χ4v) is 2.76. The molecule has 2 amide bonds. The number of piperidine rings is 1. The lowest BCUT2D eigenvalue weighted by molar-refractivity contribution is -0.184. The zero-order chi connectivity index (χ0) is 13.2. The van der Waals surface area contributed by atoms with Crippen LogP contribution in [0.4, 0.5) is 18.0 Å². The largest absolute Gasteiger partial charge is 0.393 e. The fraction of sp³-hybridized carbons (Fsp3) is 0.917. The van der Waals surface area contributed by atoms with E-state index < -0.39 is 12.1 Å². The van der Waals surface area contributed by atoms with Crippen molar-refractivity contribution in [1.82, 2.24) is 10.2 Å². The molecule has 1 saturated heterocycles. The van der Waals surface area contributed by atoms with Gasteiger partial charge in [-0.15, -0.1) is 0 Å². The van der Waals surface area contributed by atoms with Crippen molar-refractivity contribution in [1.29, 1.82) is 0 Å². The van der Waals surface area contributed by atoms with E-state index in [1.54, 1.807) is 0 Å². The summed E-state index contributed by atoms with van der Waals surface area (Å²) in [5.74, 6) is -1.36. The minimum atomic E-state index is -4.19. The summed E-state index contributed by atoms with van der Waals surface area (Å²) in [7, 11) is 0. The number of nitrogens with one attached hydrogen (secondary N) is 1. The Labute approximate surface area is 105 Å². The van der Waals surface area contributed by atoms with E-state index in [1.165, 1.54) is 4.90 Å². The lowest BCUT2D eigenvalue weighted by Crippen LogP contribution is -2.50. The monoisotopic (exact) mass is 264 g/mol. The number of hydrogen-bond acceptors (Lipinski definition) is 1. The highest BCUT2D eigenvalue weighted by molar-refractivity contribution is 5.74. The summed E-state index contributed by atoms with van der Waals surface area (Å²) in [6.07, 6.45) is 0.460. The minimum Gasteiger partial charge on any atom is -0.335 e. The van der Waals surface area contributed by atoms with Gasteiger partial charge in [0, 0.05) is 19.1 Å². The molecule has 1 aliphatic heterocycles. The third-order valence-electron chi connectivity index (χ3n) is 3.85. The summed E-state index contributed by atoms with van der Waals surface area (Å²) in [6.45, 7) is 0.243. The summed E-state index contributed by atoms with van der Waals surface area (Å²) >= 11 is 0. The Bertz CT molecular complexity index is 300. The van der Waals surface area contributed by atoms with Gasteiger partial charge in [0.1, 0.15) is 0 Å². The van der Waals surface area contributed by atoms with E-state index in [0.29, 0.717) is 13.0 Å². The first-order chi connectivity index (χ1) is 8.47. The highest BCUT2D eigenvalue weighted by atomic mass is 19.4. The van der Waals surface area contributed by atoms with E-state index in [2.05, 4.69) is 5.32 Å². The van der Waals surface area contributed by atoms with Crippen LogP contribution in [-0.4, -0.2) is 36.2 Å². The molecule has 18 heavy (non-hydrogen) atoms. The second-order valence-corrected chi connectivity index (χ2v) is 5.26. The zero-order valence-electron chi connectivity index (χ0n) is 10.3. The number of carbonyl (C=O) groups is 1. The van der Waals surface area contributed by atoms with Gasteiger partial charge in [-0.05, 0) is 25.7 Å². The molecular weight excluding hydrogens is 245 g/mol. The SMILES string of the molecule is O=C(NC1CCCC1)N1CCCC(C(F)(F)F)C1. The quantitative estimate of drug-likeness (QED) is 0.776. The van der Waals surface area contributed by atoms with Gasteiger partial charge in [-0.2, -0.15) is 13.2 Å². The maximum Gasteiger partial charge on any atom is 0.393 e. The average molecular weight is 264 g/mol. The molecule has 1 saturated carbocycles. The number of nitrogens with zero attached hydrogens (tertiary/aromatic N) is 1. The molecule has 6 heteroatoms. The Hall–Kier alpha value is -0.940. The predicted molar refractivity (Wildman–Crippen MR) is 61.1 cm³/mol. The van der Waals surface area contributed by atoms with Crippen LogP contribution in [0.1, 0.15) is 38.5 Å². The van der Waals surface area contributed by atoms with Crippen molar-refractivity contribution in [3.05, 3.63) is 0 Å². The van der Waals surface area contributed by atoms with Crippen LogP contribution >= 0.6 is 0 Å². The Balaban J connectivity index is 1.86. The van der Waals surface area contributed by atoms with Gasteiger partial charge in [0.15, 0.2) is 0 Å². The summed E-state index contributed by atoms with van der Waals surface area (Å²) in [4.78, 5) is 13.2. The van der Waals surface area contributed by atoms with Crippen molar-refractivity contribution in [3.8, 4) is 0 Å². The van der Waals surface area contributed by atoms with Gasteiger partial charge in [-0.25, -0.2) is 4.79 Å². The molecule has 104 valence electrons. The van der Waals surface area contributed by atoms with Crippen molar-refractivity contribution in [2.75, 3.05) is 13.1 Å². The topological polar surface area (TPSA) is 32.3 Å². The fourth-order valence-electron chi connectivity index (χ4n) is 2.76. The van der Waals surface area contributed by atoms with Crippen LogP contribution in [0.5, 0.6) is 0 Å². The summed E-state index contributed by atoms with van der Waals surface area (Å²) < 4.78 is 37.9. The predicted octanol–water partition coefficient (Wildman–Crippen LogP) is 2.91. The molecule has 1 aliphatic carbocycles. The first-order valence-corrected chi connectivity index (χ1v) is 6.59. The molecule has 0 aromatic rings. The number of alkyl halides is 3. The van der Waals surface area contributed by atoms with Crippen molar-refractivity contribution >= 4 is 6.03 Å². The van der Waals surface area contributed by atoms with Crippen LogP contribution in [0, 0.1) is 5.92 Å². The normalized spacial score (nSPS) is 26.4. The molecular formula is C12H19F3N2O. The third kappa shape index (κ3) is 3.29. The van der Waals surface area contributed by atoms with Crippen LogP contribution in [0.15, 0.2) is 0 Å². The molecule has 0 aromatic heterocycles. The molecule has 2 aliphatic rings. The van der Waals surface area contributed by atoms with Gasteiger partial charge >= 0.3 is 12.2 Å². The van der Waals surface area contributed by atoms with Crippen LogP contribution in [-0.2, 0) is 0 Å². The summed E-state index contributed by atoms with van der Waals surface area (Å²) in [5, 5.41) is 2.84. The van der Waals surface area contributed by atoms with Crippen molar-refractivity contribution in [2.45, 2.75) is 50.7 Å². The maximum atomic E-state index is 12.6. The van der Waals surface area contributed by atoms with Gasteiger partial charge in [-0.1, -0.05) is 12.8 Å². The smallest absolute Gasteiger partial charge is 0.335 e. The average Bonchev–Trinajstić information content (AvgIpc) is 2.81. The summed E-state index contributed by atoms with van der Waals surface area (Å²) in [6, 6.07) is -0.167. The molecule has 1 N–H and O–H groups in total. The number of urea groups is 1. The first kappa shape index (κ1) is 13.5. The van der Waals surface area contributed by atoms with Crippen molar-refractivity contribution < 1.29 is 18.0 Å². The van der Waals surface area contributed by atoms with E-state index >= 15 is 0 Å². The molecule has 2 rings (SSSR count). The van der Waals surface area contributed by atoms with Crippen molar-refractivity contribution in [2.24, 2.45) is 5.92 Å². The Morgan fingerprint density at radius 1 is 1.11 bits per heavy atom. The number of rotatable bonds is 1. The van der Waals surface area contributed by atoms with Gasteiger partial charge in [-0.3, -0.25) is 0 Å². The van der Waals surface area contributed by atoms with Gasteiger partial charge in [0.05, 0.1) is 5.92 Å². The highest BCUT2D eigenvalue weighted by Gasteiger charge is 2.42. The Morgan fingerprint density at radius 3 is 2.39 bits per heavy atom. The number of likely N-dealkylation sites (tertiary alicyclic amines) is 1. The van der Waals surface area contributed by atoms with E-state index in [-0.39, 0.29) is 25.0 Å². The second kappa shape index (κ2) is 5.36. The van der Waals surface area contributed by atoms with E-state index in [4.69, 9.17) is 0 Å². The maximum absolute atomic E-state index is 12.6. The minimum absolute atomic E-state index is 0.136. The number of carbonyl (C=O) groups excluding carboxylic acids is 1. The zero-order valence-corrected chi connectivity index (χ0v) is 10.3. The van der Waals surface area contributed by atoms with Gasteiger partial charge in [0.25, 0.3) is 0 Å². The first-order valence-electron chi connectivity index (χ1n) is 6.59. The molecule has 0 radical (unpaired) electrons. The van der Waals surface area contributed by atoms with Crippen molar-refractivity contribution in [3.63, 3.8) is 0 Å². The van der Waals surface area contributed by atoms with Crippen LogP contribution in [0.25, 0.3) is 0 Å². The number of halogens is 3. The van der Waals surface area contributed by atoms with E-state index in [0.717, 1.165) is 25.7 Å². The molecule has 0 spiro atoms. The molecule has 0 bridgehead atoms. The van der Waals surface area contributed by atoms with Crippen LogP contribution < -0.4 is 5.32 Å². The third-order valence-corrected chi connectivity index (χ3v) is 3.85. The highest BCUT2D eigenvalue weighted by Crippen LogP contribution is 2.33. The second-order valence-electron chi connectivity index (χ2n) is 5.26. The Kier molecular flexibility index (Phi) is 4.02. The molecule has 0 aromatic carbocycles. The Morgan fingerprint density at radius 2 is 1.78 bits per heavy atom. The summed E-state index contributed by atoms with van der Waals surface area (Å²) in [5.41, 5.74) is 0.